The van der Waals surface area contributed by atoms with E-state index < -0.39 is 0 Å². The SMILES string of the molecule is O=C(Cn1c(O)c(/C=C2\C=Nc3ccccc32)sc1=S)NCc1ccccc1. The normalized spacial score (nSPS) is 13.6. The van der Waals surface area contributed by atoms with Gasteiger partial charge in [0.2, 0.25) is 11.8 Å². The number of aromatic hydroxyl groups is 1. The number of nitrogens with zero attached hydrogens (tertiary/aromatic N) is 2. The second-order valence-corrected chi connectivity index (χ2v) is 7.96. The van der Waals surface area contributed by atoms with Crippen molar-refractivity contribution >= 4 is 53.0 Å². The Morgan fingerprint density at radius 3 is 2.75 bits per heavy atom. The first-order valence-corrected chi connectivity index (χ1v) is 9.92. The van der Waals surface area contributed by atoms with Gasteiger partial charge in [0.05, 0.1) is 10.6 Å². The quantitative estimate of drug-likeness (QED) is 0.610. The Bertz CT molecular complexity index is 1140. The number of para-hydroxylation sites is 1. The molecule has 5 nitrogen and oxygen atoms in total. The molecule has 0 radical (unpaired) electrons. The highest BCUT2D eigenvalue weighted by atomic mass is 32.1. The van der Waals surface area contributed by atoms with Gasteiger partial charge in [0.25, 0.3) is 0 Å². The number of amides is 1. The fourth-order valence-electron chi connectivity index (χ4n) is 2.94. The van der Waals surface area contributed by atoms with Crippen molar-refractivity contribution in [2.45, 2.75) is 13.1 Å². The molecule has 3 aromatic rings. The molecule has 1 aliphatic rings. The zero-order valence-electron chi connectivity index (χ0n) is 14.8. The van der Waals surface area contributed by atoms with E-state index in [2.05, 4.69) is 10.3 Å². The Labute approximate surface area is 171 Å². The first kappa shape index (κ1) is 18.3. The van der Waals surface area contributed by atoms with Crippen LogP contribution in [0.5, 0.6) is 5.88 Å². The maximum absolute atomic E-state index is 12.3. The highest BCUT2D eigenvalue weighted by Gasteiger charge is 2.16. The van der Waals surface area contributed by atoms with Crippen LogP contribution in [0.2, 0.25) is 0 Å². The minimum Gasteiger partial charge on any atom is -0.493 e. The Balaban J connectivity index is 1.51. The highest BCUT2D eigenvalue weighted by molar-refractivity contribution is 7.73. The summed E-state index contributed by atoms with van der Waals surface area (Å²) < 4.78 is 1.90. The lowest BCUT2D eigenvalue weighted by Crippen LogP contribution is -2.26. The highest BCUT2D eigenvalue weighted by Crippen LogP contribution is 2.35. The zero-order chi connectivity index (χ0) is 19.5. The monoisotopic (exact) mass is 407 g/mol. The molecule has 4 rings (SSSR count). The van der Waals surface area contributed by atoms with E-state index in [0.717, 1.165) is 22.4 Å². The second-order valence-electron chi connectivity index (χ2n) is 6.28. The van der Waals surface area contributed by atoms with Crippen LogP contribution in [0.3, 0.4) is 0 Å². The molecule has 0 unspecified atom stereocenters. The van der Waals surface area contributed by atoms with Crippen molar-refractivity contribution in [3.8, 4) is 5.88 Å². The summed E-state index contributed by atoms with van der Waals surface area (Å²) in [4.78, 5) is 17.3. The Kier molecular flexibility index (Phi) is 5.18. The van der Waals surface area contributed by atoms with Crippen LogP contribution in [0.4, 0.5) is 5.69 Å². The summed E-state index contributed by atoms with van der Waals surface area (Å²) >= 11 is 6.62. The summed E-state index contributed by atoms with van der Waals surface area (Å²) in [5.74, 6) is -0.213. The Morgan fingerprint density at radius 1 is 1.18 bits per heavy atom. The summed E-state index contributed by atoms with van der Waals surface area (Å²) in [6, 6.07) is 17.5. The van der Waals surface area contributed by atoms with Gasteiger partial charge >= 0.3 is 0 Å². The maximum atomic E-state index is 12.3. The predicted molar refractivity (Wildman–Crippen MR) is 116 cm³/mol. The van der Waals surface area contributed by atoms with Crippen molar-refractivity contribution in [1.29, 1.82) is 0 Å². The number of aliphatic imine (C=N–C) groups is 1. The number of thiazole rings is 1. The van der Waals surface area contributed by atoms with Gasteiger partial charge in [-0.2, -0.15) is 0 Å². The van der Waals surface area contributed by atoms with Gasteiger partial charge < -0.3 is 10.4 Å². The number of benzene rings is 2. The molecule has 0 spiro atoms. The van der Waals surface area contributed by atoms with Gasteiger partial charge in [-0.3, -0.25) is 14.4 Å². The topological polar surface area (TPSA) is 66.6 Å². The molecular formula is C21H17N3O2S2. The number of allylic oxidation sites excluding steroid dienone is 1. The molecule has 2 aromatic carbocycles. The number of carbonyl (C=O) groups excluding carboxylic acids is 1. The van der Waals surface area contributed by atoms with Gasteiger partial charge in [0.15, 0.2) is 3.95 Å². The molecule has 1 aliphatic heterocycles. The summed E-state index contributed by atoms with van der Waals surface area (Å²) in [6.45, 7) is 0.407. The molecular weight excluding hydrogens is 390 g/mol. The first-order chi connectivity index (χ1) is 13.6. The lowest BCUT2D eigenvalue weighted by Gasteiger charge is -2.07. The van der Waals surface area contributed by atoms with Crippen LogP contribution in [-0.2, 0) is 17.9 Å². The van der Waals surface area contributed by atoms with Crippen molar-refractivity contribution in [2.75, 3.05) is 0 Å². The molecule has 0 bridgehead atoms. The van der Waals surface area contributed by atoms with E-state index in [1.165, 1.54) is 15.9 Å². The van der Waals surface area contributed by atoms with E-state index in [9.17, 15) is 9.90 Å². The molecule has 2 heterocycles. The first-order valence-electron chi connectivity index (χ1n) is 8.70. The summed E-state index contributed by atoms with van der Waals surface area (Å²) in [6.07, 6.45) is 3.62. The van der Waals surface area contributed by atoms with Gasteiger partial charge in [-0.25, -0.2) is 0 Å². The van der Waals surface area contributed by atoms with Crippen LogP contribution in [0.25, 0.3) is 11.6 Å². The van der Waals surface area contributed by atoms with Crippen LogP contribution < -0.4 is 5.32 Å². The van der Waals surface area contributed by atoms with Gasteiger partial charge in [0.1, 0.15) is 6.54 Å². The van der Waals surface area contributed by atoms with Gasteiger partial charge in [-0.1, -0.05) is 48.5 Å². The largest absolute Gasteiger partial charge is 0.493 e. The van der Waals surface area contributed by atoms with Crippen molar-refractivity contribution in [3.05, 3.63) is 74.6 Å². The van der Waals surface area contributed by atoms with Crippen LogP contribution >= 0.6 is 23.6 Å². The number of hydrogen-bond acceptors (Lipinski definition) is 5. The molecule has 2 N–H and O–H groups in total. The van der Waals surface area contributed by atoms with E-state index in [-0.39, 0.29) is 18.3 Å². The third kappa shape index (κ3) is 3.81. The fraction of sp³-hybridized carbons (Fsp3) is 0.0952. The van der Waals surface area contributed by atoms with Crippen molar-refractivity contribution < 1.29 is 9.90 Å². The van der Waals surface area contributed by atoms with Gasteiger partial charge in [0, 0.05) is 23.9 Å². The molecule has 7 heteroatoms. The van der Waals surface area contributed by atoms with Crippen LogP contribution in [0.1, 0.15) is 16.0 Å². The second kappa shape index (κ2) is 7.92. The number of fused-ring (bicyclic) bond motifs is 1. The predicted octanol–water partition coefficient (Wildman–Crippen LogP) is 4.56. The van der Waals surface area contributed by atoms with Crippen LogP contribution in [-0.4, -0.2) is 21.8 Å². The zero-order valence-corrected chi connectivity index (χ0v) is 16.5. The average molecular weight is 408 g/mol. The molecule has 0 atom stereocenters. The van der Waals surface area contributed by atoms with Crippen molar-refractivity contribution in [2.24, 2.45) is 4.99 Å². The Hall–Kier alpha value is -3.03. The Morgan fingerprint density at radius 2 is 1.93 bits per heavy atom. The summed E-state index contributed by atoms with van der Waals surface area (Å²) in [5.41, 5.74) is 3.83. The standard InChI is InChI=1S/C21H17N3O2S2/c25-19(23-11-14-6-2-1-3-7-14)13-24-20(26)18(28-21(24)27)10-15-12-22-17-9-5-4-8-16(15)17/h1-10,12,26H,11,13H2,(H,23,25)/b15-10+. The van der Waals surface area contributed by atoms with Crippen LogP contribution in [0.15, 0.2) is 59.6 Å². The molecule has 1 aromatic heterocycles. The molecule has 0 fully saturated rings. The van der Waals surface area contributed by atoms with E-state index >= 15 is 0 Å². The molecule has 140 valence electrons. The van der Waals surface area contributed by atoms with Crippen LogP contribution in [0, 0.1) is 3.95 Å². The molecule has 0 aliphatic carbocycles. The molecule has 1 amide bonds. The minimum atomic E-state index is -0.208. The lowest BCUT2D eigenvalue weighted by molar-refractivity contribution is -0.121. The molecule has 0 saturated carbocycles. The number of carbonyl (C=O) groups is 1. The van der Waals surface area contributed by atoms with Gasteiger partial charge in [-0.05, 0) is 29.9 Å². The van der Waals surface area contributed by atoms with E-state index in [1.807, 2.05) is 60.7 Å². The average Bonchev–Trinajstić information content (AvgIpc) is 3.24. The summed E-state index contributed by atoms with van der Waals surface area (Å²) in [5, 5.41) is 13.4. The third-order valence-corrected chi connectivity index (χ3v) is 5.76. The number of rotatable bonds is 5. The number of aromatic nitrogens is 1. The maximum Gasteiger partial charge on any atom is 0.240 e. The van der Waals surface area contributed by atoms with Crippen molar-refractivity contribution in [1.82, 2.24) is 9.88 Å². The van der Waals surface area contributed by atoms with E-state index in [0.29, 0.717) is 15.4 Å². The number of nitrogens with one attached hydrogen (secondary N) is 1. The lowest BCUT2D eigenvalue weighted by atomic mass is 10.1. The third-order valence-electron chi connectivity index (χ3n) is 4.37. The molecule has 0 saturated heterocycles. The van der Waals surface area contributed by atoms with E-state index in [4.69, 9.17) is 12.2 Å². The van der Waals surface area contributed by atoms with Gasteiger partial charge in [-0.15, -0.1) is 11.3 Å². The molecule has 28 heavy (non-hydrogen) atoms. The van der Waals surface area contributed by atoms with Crippen molar-refractivity contribution in [3.63, 3.8) is 0 Å². The summed E-state index contributed by atoms with van der Waals surface area (Å²) in [7, 11) is 0. The van der Waals surface area contributed by atoms with E-state index in [1.54, 1.807) is 6.21 Å². The minimum absolute atomic E-state index is 0.00450. The number of hydrogen-bond donors (Lipinski definition) is 2. The smallest absolute Gasteiger partial charge is 0.240 e. The fourth-order valence-corrected chi connectivity index (χ4v) is 4.20.